The number of hydrogen-bond donors (Lipinski definition) is 0. The highest BCUT2D eigenvalue weighted by atomic mass is 35.5. The van der Waals surface area contributed by atoms with E-state index in [0.717, 1.165) is 29.4 Å². The monoisotopic (exact) mass is 209 g/mol. The predicted octanol–water partition coefficient (Wildman–Crippen LogP) is 3.83. The molecule has 2 heteroatoms. The number of rotatable bonds is 4. The van der Waals surface area contributed by atoms with E-state index in [0.29, 0.717) is 0 Å². The second-order valence-electron chi connectivity index (χ2n) is 3.09. The molecule has 0 amide bonds. The normalized spacial score (nSPS) is 9.93. The minimum atomic E-state index is 0.797. The molecule has 14 heavy (non-hydrogen) atoms. The van der Waals surface area contributed by atoms with Gasteiger partial charge in [0.1, 0.15) is 0 Å². The Balaban J connectivity index is 3.03. The predicted molar refractivity (Wildman–Crippen MR) is 65.1 cm³/mol. The van der Waals surface area contributed by atoms with Crippen molar-refractivity contribution < 1.29 is 0 Å². The fourth-order valence-corrected chi connectivity index (χ4v) is 1.78. The summed E-state index contributed by atoms with van der Waals surface area (Å²) in [5.41, 5.74) is 2.16. The minimum absolute atomic E-state index is 0.797. The van der Waals surface area contributed by atoms with Crippen LogP contribution < -0.4 is 4.90 Å². The standard InChI is InChI=1S/C12H16ClN/c1-4-10-7-8-12(11(13)9-10)14(5-2)6-3/h4,7-9H,1,5-6H2,2-3H3. The molecule has 1 aromatic carbocycles. The first-order valence-corrected chi connectivity index (χ1v) is 5.27. The fraction of sp³-hybridized carbons (Fsp3) is 0.333. The molecule has 1 nitrogen and oxygen atoms in total. The van der Waals surface area contributed by atoms with Crippen LogP contribution in [-0.4, -0.2) is 13.1 Å². The van der Waals surface area contributed by atoms with Crippen LogP contribution in [0, 0.1) is 0 Å². The SMILES string of the molecule is C=Cc1ccc(N(CC)CC)c(Cl)c1. The molecule has 0 aromatic heterocycles. The van der Waals surface area contributed by atoms with Crippen molar-refractivity contribution in [3.8, 4) is 0 Å². The molecule has 1 rings (SSSR count). The van der Waals surface area contributed by atoms with Crippen LogP contribution in [0.25, 0.3) is 6.08 Å². The second-order valence-corrected chi connectivity index (χ2v) is 3.49. The van der Waals surface area contributed by atoms with Crippen LogP contribution in [0.1, 0.15) is 19.4 Å². The molecule has 0 fully saturated rings. The Kier molecular flexibility index (Phi) is 4.02. The zero-order valence-electron chi connectivity index (χ0n) is 8.76. The second kappa shape index (κ2) is 5.06. The zero-order valence-corrected chi connectivity index (χ0v) is 9.51. The third kappa shape index (κ3) is 2.30. The van der Waals surface area contributed by atoms with Gasteiger partial charge in [-0.1, -0.05) is 30.3 Å². The van der Waals surface area contributed by atoms with Crippen molar-refractivity contribution in [1.29, 1.82) is 0 Å². The molecular formula is C12H16ClN. The molecule has 0 atom stereocenters. The van der Waals surface area contributed by atoms with E-state index in [9.17, 15) is 0 Å². The van der Waals surface area contributed by atoms with Crippen molar-refractivity contribution >= 4 is 23.4 Å². The number of anilines is 1. The van der Waals surface area contributed by atoms with Gasteiger partial charge in [-0.25, -0.2) is 0 Å². The Morgan fingerprint density at radius 3 is 2.43 bits per heavy atom. The van der Waals surface area contributed by atoms with Crippen LogP contribution in [0.4, 0.5) is 5.69 Å². The molecule has 0 aliphatic heterocycles. The molecule has 0 N–H and O–H groups in total. The van der Waals surface area contributed by atoms with Crippen LogP contribution in [0.3, 0.4) is 0 Å². The lowest BCUT2D eigenvalue weighted by molar-refractivity contribution is 0.866. The summed E-state index contributed by atoms with van der Waals surface area (Å²) in [5, 5.41) is 0.797. The summed E-state index contributed by atoms with van der Waals surface area (Å²) < 4.78 is 0. The van der Waals surface area contributed by atoms with Crippen molar-refractivity contribution in [1.82, 2.24) is 0 Å². The van der Waals surface area contributed by atoms with E-state index in [1.807, 2.05) is 18.2 Å². The smallest absolute Gasteiger partial charge is 0.0645 e. The molecule has 0 saturated heterocycles. The first-order chi connectivity index (χ1) is 6.72. The van der Waals surface area contributed by atoms with E-state index in [-0.39, 0.29) is 0 Å². The minimum Gasteiger partial charge on any atom is -0.371 e. The molecular weight excluding hydrogens is 194 g/mol. The number of benzene rings is 1. The Morgan fingerprint density at radius 1 is 1.36 bits per heavy atom. The lowest BCUT2D eigenvalue weighted by Gasteiger charge is -2.22. The fourth-order valence-electron chi connectivity index (χ4n) is 1.47. The summed E-state index contributed by atoms with van der Waals surface area (Å²) in [7, 11) is 0. The van der Waals surface area contributed by atoms with E-state index in [1.165, 1.54) is 0 Å². The van der Waals surface area contributed by atoms with Crippen LogP contribution in [-0.2, 0) is 0 Å². The molecule has 0 aliphatic rings. The molecule has 1 aromatic rings. The third-order valence-corrected chi connectivity index (χ3v) is 2.61. The van der Waals surface area contributed by atoms with Crippen LogP contribution >= 0.6 is 11.6 Å². The number of halogens is 1. The largest absolute Gasteiger partial charge is 0.371 e. The van der Waals surface area contributed by atoms with Crippen molar-refractivity contribution in [2.45, 2.75) is 13.8 Å². The van der Waals surface area contributed by atoms with Gasteiger partial charge in [0, 0.05) is 13.1 Å². The Hall–Kier alpha value is -0.950. The lowest BCUT2D eigenvalue weighted by Crippen LogP contribution is -2.22. The summed E-state index contributed by atoms with van der Waals surface area (Å²) in [4.78, 5) is 2.23. The van der Waals surface area contributed by atoms with Gasteiger partial charge in [0.2, 0.25) is 0 Å². The quantitative estimate of drug-likeness (QED) is 0.729. The average Bonchev–Trinajstić information content (AvgIpc) is 2.22. The maximum Gasteiger partial charge on any atom is 0.0645 e. The summed E-state index contributed by atoms with van der Waals surface area (Å²) in [6.45, 7) is 9.92. The summed E-state index contributed by atoms with van der Waals surface area (Å²) in [5.74, 6) is 0. The summed E-state index contributed by atoms with van der Waals surface area (Å²) >= 11 is 6.17. The van der Waals surface area contributed by atoms with E-state index in [1.54, 1.807) is 6.08 Å². The van der Waals surface area contributed by atoms with Gasteiger partial charge in [0.05, 0.1) is 10.7 Å². The molecule has 0 saturated carbocycles. The van der Waals surface area contributed by atoms with E-state index >= 15 is 0 Å². The first-order valence-electron chi connectivity index (χ1n) is 4.89. The highest BCUT2D eigenvalue weighted by Crippen LogP contribution is 2.26. The van der Waals surface area contributed by atoms with Gasteiger partial charge in [-0.3, -0.25) is 0 Å². The van der Waals surface area contributed by atoms with Crippen molar-refractivity contribution in [2.24, 2.45) is 0 Å². The summed E-state index contributed by atoms with van der Waals surface area (Å²) in [6.07, 6.45) is 1.80. The molecule has 76 valence electrons. The Morgan fingerprint density at radius 2 is 2.00 bits per heavy atom. The highest BCUT2D eigenvalue weighted by Gasteiger charge is 2.06. The molecule has 0 radical (unpaired) electrons. The van der Waals surface area contributed by atoms with Gasteiger partial charge in [0.15, 0.2) is 0 Å². The molecule has 0 bridgehead atoms. The maximum absolute atomic E-state index is 6.17. The molecule has 0 aliphatic carbocycles. The van der Waals surface area contributed by atoms with Gasteiger partial charge in [-0.15, -0.1) is 0 Å². The van der Waals surface area contributed by atoms with E-state index in [2.05, 4.69) is 25.3 Å². The van der Waals surface area contributed by atoms with E-state index < -0.39 is 0 Å². The number of nitrogens with zero attached hydrogens (tertiary/aromatic N) is 1. The van der Waals surface area contributed by atoms with Crippen molar-refractivity contribution in [3.63, 3.8) is 0 Å². The first kappa shape index (κ1) is 11.1. The molecule has 0 heterocycles. The maximum atomic E-state index is 6.17. The van der Waals surface area contributed by atoms with Gasteiger partial charge in [-0.05, 0) is 31.5 Å². The Bertz CT molecular complexity index is 316. The lowest BCUT2D eigenvalue weighted by atomic mass is 10.2. The topological polar surface area (TPSA) is 3.24 Å². The Labute approximate surface area is 91.0 Å². The zero-order chi connectivity index (χ0) is 10.6. The van der Waals surface area contributed by atoms with E-state index in [4.69, 9.17) is 11.6 Å². The van der Waals surface area contributed by atoms with Gasteiger partial charge >= 0.3 is 0 Å². The van der Waals surface area contributed by atoms with Crippen LogP contribution in [0.5, 0.6) is 0 Å². The van der Waals surface area contributed by atoms with Gasteiger partial charge < -0.3 is 4.90 Å². The van der Waals surface area contributed by atoms with Crippen LogP contribution in [0.15, 0.2) is 24.8 Å². The third-order valence-electron chi connectivity index (χ3n) is 2.31. The summed E-state index contributed by atoms with van der Waals surface area (Å²) in [6, 6.07) is 6.03. The van der Waals surface area contributed by atoms with Crippen molar-refractivity contribution in [2.75, 3.05) is 18.0 Å². The highest BCUT2D eigenvalue weighted by molar-refractivity contribution is 6.33. The molecule has 0 spiro atoms. The van der Waals surface area contributed by atoms with Crippen molar-refractivity contribution in [3.05, 3.63) is 35.4 Å². The average molecular weight is 210 g/mol. The molecule has 0 unspecified atom stereocenters. The van der Waals surface area contributed by atoms with Crippen LogP contribution in [0.2, 0.25) is 5.02 Å². The number of hydrogen-bond acceptors (Lipinski definition) is 1. The van der Waals surface area contributed by atoms with Gasteiger partial charge in [-0.2, -0.15) is 0 Å². The van der Waals surface area contributed by atoms with Gasteiger partial charge in [0.25, 0.3) is 0 Å².